The molecule has 3 N–H and O–H groups in total. The molecule has 8 heteroatoms. The molecule has 0 saturated heterocycles. The molecule has 1 heterocycles. The second kappa shape index (κ2) is 10.5. The summed E-state index contributed by atoms with van der Waals surface area (Å²) in [5.41, 5.74) is 8.79. The van der Waals surface area contributed by atoms with E-state index in [2.05, 4.69) is 14.9 Å². The molecule has 2 unspecified atom stereocenters. The maximum Gasteiger partial charge on any atom is 0.269 e. The van der Waals surface area contributed by atoms with E-state index in [4.69, 9.17) is 5.73 Å². The number of hydrogen-bond donors (Lipinski definition) is 2. The van der Waals surface area contributed by atoms with Crippen LogP contribution in [0.3, 0.4) is 0 Å². The molecule has 0 spiro atoms. The summed E-state index contributed by atoms with van der Waals surface area (Å²) in [5.74, 6) is 0.103. The molecule has 2 aromatic rings. The van der Waals surface area contributed by atoms with Gasteiger partial charge in [-0.15, -0.1) is 5.10 Å². The number of anilines is 1. The van der Waals surface area contributed by atoms with Crippen LogP contribution in [0.25, 0.3) is 0 Å². The maximum absolute atomic E-state index is 13.7. The average molecular weight is 456 g/mol. The van der Waals surface area contributed by atoms with Gasteiger partial charge in [0, 0.05) is 30.2 Å². The third-order valence-corrected chi connectivity index (χ3v) is 7.71. The highest BCUT2D eigenvalue weighted by atomic mass is 32.1. The maximum atomic E-state index is 13.7. The Labute approximate surface area is 193 Å². The van der Waals surface area contributed by atoms with E-state index in [1.54, 1.807) is 6.92 Å². The van der Waals surface area contributed by atoms with E-state index in [0.29, 0.717) is 17.1 Å². The molecule has 7 nitrogen and oxygen atoms in total. The number of hydrogen-bond acceptors (Lipinski definition) is 6. The van der Waals surface area contributed by atoms with Crippen molar-refractivity contribution in [2.24, 2.45) is 11.7 Å². The Balaban J connectivity index is 1.58. The van der Waals surface area contributed by atoms with Crippen LogP contribution in [0.4, 0.5) is 5.69 Å². The van der Waals surface area contributed by atoms with Crippen LogP contribution in [0.15, 0.2) is 24.3 Å². The van der Waals surface area contributed by atoms with Gasteiger partial charge in [-0.2, -0.15) is 0 Å². The smallest absolute Gasteiger partial charge is 0.269 e. The molecule has 2 atom stereocenters. The Morgan fingerprint density at radius 2 is 1.81 bits per heavy atom. The summed E-state index contributed by atoms with van der Waals surface area (Å²) < 4.78 is 3.86. The molecule has 2 aliphatic rings. The van der Waals surface area contributed by atoms with Crippen LogP contribution >= 0.6 is 11.5 Å². The molecule has 1 aromatic heterocycles. The van der Waals surface area contributed by atoms with Crippen LogP contribution in [0.1, 0.15) is 78.7 Å². The number of para-hydroxylation sites is 1. The number of aryl methyl sites for hydroxylation is 1. The first-order chi connectivity index (χ1) is 15.5. The molecule has 0 bridgehead atoms. The Bertz CT molecular complexity index is 940. The molecule has 172 valence electrons. The zero-order valence-corrected chi connectivity index (χ0v) is 19.6. The first-order valence-electron chi connectivity index (χ1n) is 11.8. The third-order valence-electron chi connectivity index (χ3n) is 6.88. The molecule has 4 rings (SSSR count). The summed E-state index contributed by atoms with van der Waals surface area (Å²) in [5, 5.41) is 6.95. The topological polar surface area (TPSA) is 101 Å². The van der Waals surface area contributed by atoms with Crippen molar-refractivity contribution in [3.05, 3.63) is 40.4 Å². The summed E-state index contributed by atoms with van der Waals surface area (Å²) >= 11 is 1.09. The fourth-order valence-electron chi connectivity index (χ4n) is 5.05. The van der Waals surface area contributed by atoms with Crippen LogP contribution in [0, 0.1) is 12.8 Å². The lowest BCUT2D eigenvalue weighted by atomic mass is 9.85. The number of amides is 2. The normalized spacial score (nSPS) is 21.8. The van der Waals surface area contributed by atoms with Crippen molar-refractivity contribution >= 4 is 29.0 Å². The number of benzene rings is 1. The summed E-state index contributed by atoms with van der Waals surface area (Å²) in [6.07, 6.45) is 9.51. The van der Waals surface area contributed by atoms with Crippen molar-refractivity contribution in [1.29, 1.82) is 0 Å². The van der Waals surface area contributed by atoms with Gasteiger partial charge in [-0.1, -0.05) is 54.8 Å². The predicted octanol–water partition coefficient (Wildman–Crippen LogP) is 4.28. The summed E-state index contributed by atoms with van der Waals surface area (Å²) in [6.45, 7) is 2.24. The van der Waals surface area contributed by atoms with Crippen LogP contribution in [0.5, 0.6) is 0 Å². The summed E-state index contributed by atoms with van der Waals surface area (Å²) in [7, 11) is 0. The van der Waals surface area contributed by atoms with Crippen LogP contribution < -0.4 is 11.1 Å². The molecular formula is C24H33N5O2S. The Kier molecular flexibility index (Phi) is 7.52. The number of nitrogens with one attached hydrogen (secondary N) is 1. The van der Waals surface area contributed by atoms with E-state index < -0.39 is 0 Å². The molecule has 0 radical (unpaired) electrons. The van der Waals surface area contributed by atoms with E-state index in [9.17, 15) is 9.59 Å². The largest absolute Gasteiger partial charge is 0.334 e. The number of rotatable bonds is 6. The van der Waals surface area contributed by atoms with Gasteiger partial charge in [-0.3, -0.25) is 9.59 Å². The number of carbonyl (C=O) groups excluding carboxylic acids is 2. The molecule has 2 fully saturated rings. The van der Waals surface area contributed by atoms with Crippen molar-refractivity contribution in [2.45, 2.75) is 83.3 Å². The molecule has 32 heavy (non-hydrogen) atoms. The van der Waals surface area contributed by atoms with Crippen molar-refractivity contribution in [3.8, 4) is 0 Å². The van der Waals surface area contributed by atoms with Gasteiger partial charge in [0.15, 0.2) is 0 Å². The standard InChI is InChI=1S/C24H33N5O2S/c1-16-22(32-28-27-16)23(30)26-20-13-7-5-11-18(20)15-29(21-14-8-6-12-19(21)25)24(31)17-9-3-2-4-10-17/h5,7,11,13,17,19,21H,2-4,6,8-10,12,14-15,25H2,1H3,(H,26,30). The number of nitrogens with two attached hydrogens (primary N) is 1. The van der Waals surface area contributed by atoms with Crippen molar-refractivity contribution in [1.82, 2.24) is 14.5 Å². The van der Waals surface area contributed by atoms with Crippen molar-refractivity contribution in [3.63, 3.8) is 0 Å². The van der Waals surface area contributed by atoms with Gasteiger partial charge in [0.2, 0.25) is 5.91 Å². The minimum Gasteiger partial charge on any atom is -0.334 e. The Hall–Kier alpha value is -2.32. The fraction of sp³-hybridized carbons (Fsp3) is 0.583. The minimum atomic E-state index is -0.218. The van der Waals surface area contributed by atoms with Crippen molar-refractivity contribution < 1.29 is 9.59 Å². The van der Waals surface area contributed by atoms with Crippen LogP contribution in [-0.2, 0) is 11.3 Å². The molecule has 1 aromatic carbocycles. The highest BCUT2D eigenvalue weighted by Gasteiger charge is 2.35. The van der Waals surface area contributed by atoms with Gasteiger partial charge in [0.1, 0.15) is 4.88 Å². The number of nitrogens with zero attached hydrogens (tertiary/aromatic N) is 3. The van der Waals surface area contributed by atoms with Gasteiger partial charge in [0.05, 0.1) is 5.69 Å². The number of carbonyl (C=O) groups is 2. The fourth-order valence-corrected chi connectivity index (χ4v) is 5.60. The van der Waals surface area contributed by atoms with E-state index in [0.717, 1.165) is 74.1 Å². The second-order valence-corrected chi connectivity index (χ2v) is 9.87. The van der Waals surface area contributed by atoms with Crippen LogP contribution in [0.2, 0.25) is 0 Å². The monoisotopic (exact) mass is 455 g/mol. The van der Waals surface area contributed by atoms with E-state index in [-0.39, 0.29) is 29.8 Å². The molecule has 2 aliphatic carbocycles. The Morgan fingerprint density at radius 3 is 2.53 bits per heavy atom. The predicted molar refractivity (Wildman–Crippen MR) is 126 cm³/mol. The van der Waals surface area contributed by atoms with Crippen molar-refractivity contribution in [2.75, 3.05) is 5.32 Å². The lowest BCUT2D eigenvalue weighted by Crippen LogP contribution is -2.53. The SMILES string of the molecule is Cc1nnsc1C(=O)Nc1ccccc1CN(C(=O)C1CCCCC1)C1CCCCC1N. The molecule has 0 aliphatic heterocycles. The number of aromatic nitrogens is 2. The first-order valence-corrected chi connectivity index (χ1v) is 12.6. The molecular weight excluding hydrogens is 422 g/mol. The lowest BCUT2D eigenvalue weighted by molar-refractivity contribution is -0.140. The van der Waals surface area contributed by atoms with E-state index >= 15 is 0 Å². The Morgan fingerprint density at radius 1 is 1.09 bits per heavy atom. The highest BCUT2D eigenvalue weighted by Crippen LogP contribution is 2.31. The van der Waals surface area contributed by atoms with Crippen LogP contribution in [-0.4, -0.2) is 38.4 Å². The first kappa shape index (κ1) is 22.9. The average Bonchev–Trinajstić information content (AvgIpc) is 3.25. The second-order valence-electron chi connectivity index (χ2n) is 9.12. The van der Waals surface area contributed by atoms with E-state index in [1.165, 1.54) is 6.42 Å². The van der Waals surface area contributed by atoms with Gasteiger partial charge < -0.3 is 16.0 Å². The van der Waals surface area contributed by atoms with Gasteiger partial charge in [-0.05, 0) is 55.8 Å². The zero-order valence-electron chi connectivity index (χ0n) is 18.8. The summed E-state index contributed by atoms with van der Waals surface area (Å²) in [6, 6.07) is 7.79. The quantitative estimate of drug-likeness (QED) is 0.677. The zero-order chi connectivity index (χ0) is 22.5. The third kappa shape index (κ3) is 5.18. The molecule has 2 saturated carbocycles. The summed E-state index contributed by atoms with van der Waals surface area (Å²) in [4.78, 5) is 29.0. The van der Waals surface area contributed by atoms with Gasteiger partial charge >= 0.3 is 0 Å². The van der Waals surface area contributed by atoms with Gasteiger partial charge in [0.25, 0.3) is 5.91 Å². The highest BCUT2D eigenvalue weighted by molar-refractivity contribution is 7.08. The van der Waals surface area contributed by atoms with E-state index in [1.807, 2.05) is 29.2 Å². The molecule has 2 amide bonds. The van der Waals surface area contributed by atoms with Gasteiger partial charge in [-0.25, -0.2) is 0 Å². The minimum absolute atomic E-state index is 0.00367. The lowest BCUT2D eigenvalue weighted by Gasteiger charge is -2.41.